The van der Waals surface area contributed by atoms with Gasteiger partial charge in [0.2, 0.25) is 11.6 Å². The Labute approximate surface area is 94.5 Å². The molecule has 1 amide bonds. The van der Waals surface area contributed by atoms with Crippen LogP contribution in [0.1, 0.15) is 20.1 Å². The highest BCUT2D eigenvalue weighted by atomic mass is 32.1. The zero-order chi connectivity index (χ0) is 11.7. The van der Waals surface area contributed by atoms with E-state index in [1.165, 1.54) is 17.4 Å². The molecule has 2 rings (SSSR count). The quantitative estimate of drug-likeness (QED) is 0.781. The lowest BCUT2D eigenvalue weighted by atomic mass is 10.0. The van der Waals surface area contributed by atoms with E-state index in [1.54, 1.807) is 12.1 Å². The van der Waals surface area contributed by atoms with Crippen molar-refractivity contribution in [1.82, 2.24) is 0 Å². The number of amides is 1. The summed E-state index contributed by atoms with van der Waals surface area (Å²) in [5, 5.41) is 0. The molecule has 2 N–H and O–H groups in total. The SMILES string of the molecule is NC(=O)OCc1cc2c(s1)C=CC(=O)C2=O. The molecule has 5 nitrogen and oxygen atoms in total. The maximum absolute atomic E-state index is 11.4. The molecule has 1 heterocycles. The summed E-state index contributed by atoms with van der Waals surface area (Å²) in [6.07, 6.45) is 1.95. The number of ether oxygens (including phenoxy) is 1. The van der Waals surface area contributed by atoms with Gasteiger partial charge in [-0.2, -0.15) is 0 Å². The van der Waals surface area contributed by atoms with Crippen molar-refractivity contribution in [3.63, 3.8) is 0 Å². The fourth-order valence-corrected chi connectivity index (χ4v) is 2.31. The Morgan fingerprint density at radius 3 is 2.81 bits per heavy atom. The average Bonchev–Trinajstić information content (AvgIpc) is 2.64. The molecule has 82 valence electrons. The maximum Gasteiger partial charge on any atom is 0.404 e. The molecule has 1 aromatic rings. The van der Waals surface area contributed by atoms with Crippen LogP contribution in [0.3, 0.4) is 0 Å². The van der Waals surface area contributed by atoms with Gasteiger partial charge >= 0.3 is 6.09 Å². The Kier molecular flexibility index (Phi) is 2.57. The molecule has 0 unspecified atom stereocenters. The second-order valence-electron chi connectivity index (χ2n) is 3.13. The Hall–Kier alpha value is -1.95. The van der Waals surface area contributed by atoms with Crippen LogP contribution >= 0.6 is 11.3 Å². The number of primary amides is 1. The van der Waals surface area contributed by atoms with Crippen molar-refractivity contribution < 1.29 is 19.1 Å². The normalized spacial score (nSPS) is 13.8. The maximum atomic E-state index is 11.4. The van der Waals surface area contributed by atoms with Crippen LogP contribution in [0.15, 0.2) is 12.1 Å². The van der Waals surface area contributed by atoms with Gasteiger partial charge in [-0.15, -0.1) is 11.3 Å². The van der Waals surface area contributed by atoms with Crippen LogP contribution in [0.5, 0.6) is 0 Å². The van der Waals surface area contributed by atoms with E-state index in [-0.39, 0.29) is 6.61 Å². The molecule has 0 bridgehead atoms. The van der Waals surface area contributed by atoms with Crippen LogP contribution in [-0.4, -0.2) is 17.7 Å². The van der Waals surface area contributed by atoms with Crippen molar-refractivity contribution in [2.24, 2.45) is 5.73 Å². The molecule has 0 saturated heterocycles. The molecule has 0 atom stereocenters. The number of carbonyl (C=O) groups is 3. The zero-order valence-corrected chi connectivity index (χ0v) is 8.87. The third kappa shape index (κ3) is 1.87. The summed E-state index contributed by atoms with van der Waals surface area (Å²) in [6.45, 7) is 0.0162. The van der Waals surface area contributed by atoms with Crippen molar-refractivity contribution in [2.75, 3.05) is 0 Å². The molecular weight excluding hydrogens is 230 g/mol. The standard InChI is InChI=1S/C10H7NO4S/c11-10(14)15-4-5-3-6-8(16-5)2-1-7(12)9(6)13/h1-3H,4H2,(H2,11,14). The summed E-state index contributed by atoms with van der Waals surface area (Å²) in [4.78, 5) is 34.3. The Bertz CT molecular complexity index is 515. The number of rotatable bonds is 2. The number of thiophene rings is 1. The number of Topliss-reactive ketones (excluding diaryl/α,β-unsaturated/α-hetero) is 1. The molecule has 0 spiro atoms. The first-order valence-electron chi connectivity index (χ1n) is 4.39. The molecule has 1 aliphatic rings. The van der Waals surface area contributed by atoms with Gasteiger partial charge < -0.3 is 10.5 Å². The van der Waals surface area contributed by atoms with Gasteiger partial charge in [0.1, 0.15) is 6.61 Å². The highest BCUT2D eigenvalue weighted by Crippen LogP contribution is 2.27. The first kappa shape index (κ1) is 10.6. The first-order valence-corrected chi connectivity index (χ1v) is 5.21. The number of allylic oxidation sites excluding steroid dienone is 1. The number of ketones is 2. The number of carbonyl (C=O) groups excluding carboxylic acids is 3. The number of nitrogens with two attached hydrogens (primary N) is 1. The molecule has 6 heteroatoms. The molecular formula is C10H7NO4S. The fraction of sp³-hybridized carbons (Fsp3) is 0.100. The average molecular weight is 237 g/mol. The summed E-state index contributed by atoms with van der Waals surface area (Å²) >= 11 is 1.29. The van der Waals surface area contributed by atoms with Crippen LogP contribution in [0.2, 0.25) is 0 Å². The van der Waals surface area contributed by atoms with Gasteiger partial charge in [0.05, 0.1) is 0 Å². The lowest BCUT2D eigenvalue weighted by Crippen LogP contribution is -2.14. The van der Waals surface area contributed by atoms with Gasteiger partial charge in [0.15, 0.2) is 0 Å². The van der Waals surface area contributed by atoms with E-state index in [0.717, 1.165) is 0 Å². The van der Waals surface area contributed by atoms with E-state index in [1.807, 2.05) is 0 Å². The topological polar surface area (TPSA) is 86.5 Å². The minimum absolute atomic E-state index is 0.0162. The molecule has 0 saturated carbocycles. The van der Waals surface area contributed by atoms with Crippen LogP contribution in [0.4, 0.5) is 4.79 Å². The minimum Gasteiger partial charge on any atom is -0.444 e. The van der Waals surface area contributed by atoms with Gasteiger partial charge in [-0.05, 0) is 18.2 Å². The van der Waals surface area contributed by atoms with Gasteiger partial charge in [0.25, 0.3) is 0 Å². The molecule has 16 heavy (non-hydrogen) atoms. The highest BCUT2D eigenvalue weighted by molar-refractivity contribution is 7.13. The monoisotopic (exact) mass is 237 g/mol. The molecule has 0 fully saturated rings. The summed E-state index contributed by atoms with van der Waals surface area (Å²) in [6, 6.07) is 1.55. The van der Waals surface area contributed by atoms with Crippen molar-refractivity contribution in [3.8, 4) is 0 Å². The second-order valence-corrected chi connectivity index (χ2v) is 4.29. The van der Waals surface area contributed by atoms with E-state index < -0.39 is 17.7 Å². The minimum atomic E-state index is -0.871. The van der Waals surface area contributed by atoms with Crippen molar-refractivity contribution in [3.05, 3.63) is 27.5 Å². The van der Waals surface area contributed by atoms with E-state index in [9.17, 15) is 14.4 Å². The van der Waals surface area contributed by atoms with E-state index in [4.69, 9.17) is 5.73 Å². The van der Waals surface area contributed by atoms with Crippen molar-refractivity contribution >= 4 is 35.1 Å². The van der Waals surface area contributed by atoms with Crippen LogP contribution in [-0.2, 0) is 16.1 Å². The van der Waals surface area contributed by atoms with Crippen LogP contribution < -0.4 is 5.73 Å². The Balaban J connectivity index is 2.25. The smallest absolute Gasteiger partial charge is 0.404 e. The Morgan fingerprint density at radius 2 is 2.12 bits per heavy atom. The zero-order valence-electron chi connectivity index (χ0n) is 8.06. The number of hydrogen-bond acceptors (Lipinski definition) is 5. The van der Waals surface area contributed by atoms with Crippen molar-refractivity contribution in [1.29, 1.82) is 0 Å². The third-order valence-corrected chi connectivity index (χ3v) is 3.10. The van der Waals surface area contributed by atoms with E-state index >= 15 is 0 Å². The largest absolute Gasteiger partial charge is 0.444 e. The molecule has 0 aromatic carbocycles. The highest BCUT2D eigenvalue weighted by Gasteiger charge is 2.23. The second kappa shape index (κ2) is 3.90. The van der Waals surface area contributed by atoms with E-state index in [2.05, 4.69) is 4.74 Å². The lowest BCUT2D eigenvalue weighted by molar-refractivity contribution is -0.110. The van der Waals surface area contributed by atoms with Gasteiger partial charge in [-0.1, -0.05) is 0 Å². The number of fused-ring (bicyclic) bond motifs is 1. The molecule has 0 aliphatic heterocycles. The molecule has 1 aromatic heterocycles. The predicted octanol–water partition coefficient (Wildman–Crippen LogP) is 1.12. The lowest BCUT2D eigenvalue weighted by Gasteiger charge is -1.99. The van der Waals surface area contributed by atoms with Crippen LogP contribution in [0.25, 0.3) is 6.08 Å². The van der Waals surface area contributed by atoms with E-state index in [0.29, 0.717) is 15.3 Å². The van der Waals surface area contributed by atoms with Gasteiger partial charge in [0, 0.05) is 15.3 Å². The predicted molar refractivity (Wildman–Crippen MR) is 57.1 cm³/mol. The molecule has 1 aliphatic carbocycles. The van der Waals surface area contributed by atoms with Crippen LogP contribution in [0, 0.1) is 0 Å². The molecule has 0 radical (unpaired) electrons. The van der Waals surface area contributed by atoms with Gasteiger partial charge in [-0.25, -0.2) is 4.79 Å². The summed E-state index contributed by atoms with van der Waals surface area (Å²) < 4.78 is 4.60. The van der Waals surface area contributed by atoms with Crippen molar-refractivity contribution in [2.45, 2.75) is 6.61 Å². The number of hydrogen-bond donors (Lipinski definition) is 1. The summed E-state index contributed by atoms with van der Waals surface area (Å²) in [5.41, 5.74) is 5.18. The first-order chi connectivity index (χ1) is 7.58. The summed E-state index contributed by atoms with van der Waals surface area (Å²) in [5.74, 6) is -1.06. The fourth-order valence-electron chi connectivity index (χ4n) is 1.33. The Morgan fingerprint density at radius 1 is 1.38 bits per heavy atom. The third-order valence-electron chi connectivity index (χ3n) is 2.02. The van der Waals surface area contributed by atoms with Gasteiger partial charge in [-0.3, -0.25) is 9.59 Å². The summed E-state index contributed by atoms with van der Waals surface area (Å²) in [7, 11) is 0.